The van der Waals surface area contributed by atoms with Crippen molar-refractivity contribution in [3.63, 3.8) is 0 Å². The Balaban J connectivity index is 2.06. The summed E-state index contributed by atoms with van der Waals surface area (Å²) in [5.41, 5.74) is 5.87. The van der Waals surface area contributed by atoms with Crippen LogP contribution in [0.4, 0.5) is 0 Å². The number of aromatic nitrogens is 1. The number of benzene rings is 3. The highest BCUT2D eigenvalue weighted by atomic mass is 35.5. The van der Waals surface area contributed by atoms with E-state index in [-0.39, 0.29) is 0 Å². The summed E-state index contributed by atoms with van der Waals surface area (Å²) in [7, 11) is 0. The maximum atomic E-state index is 6.29. The van der Waals surface area contributed by atoms with Crippen molar-refractivity contribution in [3.05, 3.63) is 85.3 Å². The van der Waals surface area contributed by atoms with Gasteiger partial charge in [0, 0.05) is 30.5 Å². The van der Waals surface area contributed by atoms with E-state index in [1.54, 1.807) is 23.5 Å². The van der Waals surface area contributed by atoms with Crippen LogP contribution in [0.5, 0.6) is 0 Å². The van der Waals surface area contributed by atoms with Gasteiger partial charge in [0.25, 0.3) is 0 Å². The smallest absolute Gasteiger partial charge is 0.125 e. The second-order valence-electron chi connectivity index (χ2n) is 6.70. The molecular weight excluding hydrogens is 464 g/mol. The van der Waals surface area contributed by atoms with E-state index in [1.807, 2.05) is 37.3 Å². The van der Waals surface area contributed by atoms with Gasteiger partial charge in [0.2, 0.25) is 0 Å². The molecule has 0 bridgehead atoms. The number of aryl methyl sites for hydroxylation is 2. The molecule has 29 heavy (non-hydrogen) atoms. The molecule has 0 fully saturated rings. The predicted molar refractivity (Wildman–Crippen MR) is 128 cm³/mol. The highest BCUT2D eigenvalue weighted by molar-refractivity contribution is 7.15. The van der Waals surface area contributed by atoms with Crippen molar-refractivity contribution in [2.24, 2.45) is 0 Å². The molecule has 6 heteroatoms. The molecule has 3 aromatic carbocycles. The summed E-state index contributed by atoms with van der Waals surface area (Å²) >= 11 is 26.8. The maximum Gasteiger partial charge on any atom is 0.125 e. The lowest BCUT2D eigenvalue weighted by Gasteiger charge is -2.15. The summed E-state index contributed by atoms with van der Waals surface area (Å²) in [5.74, 6) is 0. The summed E-state index contributed by atoms with van der Waals surface area (Å²) in [4.78, 5) is 6.00. The number of thiazole rings is 1. The van der Waals surface area contributed by atoms with Crippen molar-refractivity contribution in [2.45, 2.75) is 13.8 Å². The third kappa shape index (κ3) is 4.33. The van der Waals surface area contributed by atoms with E-state index in [0.717, 1.165) is 38.5 Å². The van der Waals surface area contributed by atoms with Crippen LogP contribution < -0.4 is 0 Å². The zero-order valence-electron chi connectivity index (χ0n) is 15.6. The van der Waals surface area contributed by atoms with Gasteiger partial charge in [0.1, 0.15) is 5.01 Å². The van der Waals surface area contributed by atoms with Crippen LogP contribution in [0.15, 0.2) is 54.6 Å². The van der Waals surface area contributed by atoms with Crippen LogP contribution in [-0.4, -0.2) is 4.98 Å². The third-order valence-corrected chi connectivity index (χ3v) is 6.62. The van der Waals surface area contributed by atoms with E-state index in [1.165, 1.54) is 4.88 Å². The van der Waals surface area contributed by atoms with Crippen molar-refractivity contribution in [1.82, 2.24) is 4.98 Å². The minimum Gasteiger partial charge on any atom is -0.241 e. The molecule has 4 rings (SSSR count). The Morgan fingerprint density at radius 3 is 1.52 bits per heavy atom. The van der Waals surface area contributed by atoms with Crippen LogP contribution in [-0.2, 0) is 0 Å². The topological polar surface area (TPSA) is 12.9 Å². The Bertz CT molecular complexity index is 1100. The predicted octanol–water partition coefficient (Wildman–Crippen LogP) is 9.37. The van der Waals surface area contributed by atoms with Crippen LogP contribution in [0.1, 0.15) is 10.6 Å². The van der Waals surface area contributed by atoms with Crippen molar-refractivity contribution >= 4 is 57.7 Å². The first kappa shape index (κ1) is 20.7. The zero-order chi connectivity index (χ0) is 20.7. The quantitative estimate of drug-likeness (QED) is 0.285. The van der Waals surface area contributed by atoms with Crippen LogP contribution >= 0.6 is 57.7 Å². The Labute approximate surface area is 193 Å². The number of hydrogen-bond donors (Lipinski definition) is 0. The fraction of sp³-hybridized carbons (Fsp3) is 0.0870. The van der Waals surface area contributed by atoms with Gasteiger partial charge < -0.3 is 0 Å². The Morgan fingerprint density at radius 1 is 0.690 bits per heavy atom. The molecule has 1 aromatic heterocycles. The molecule has 146 valence electrons. The average Bonchev–Trinajstić information content (AvgIpc) is 2.98. The number of rotatable bonds is 3. The van der Waals surface area contributed by atoms with Crippen LogP contribution in [0.25, 0.3) is 32.8 Å². The molecule has 0 amide bonds. The van der Waals surface area contributed by atoms with Gasteiger partial charge in [-0.2, -0.15) is 0 Å². The van der Waals surface area contributed by atoms with Crippen LogP contribution in [0.2, 0.25) is 20.1 Å². The van der Waals surface area contributed by atoms with E-state index >= 15 is 0 Å². The Morgan fingerprint density at radius 2 is 1.14 bits per heavy atom. The zero-order valence-corrected chi connectivity index (χ0v) is 19.4. The molecule has 0 N–H and O–H groups in total. The third-order valence-electron chi connectivity index (χ3n) is 4.65. The SMILES string of the molecule is Cc1nc(-c2c(-c3cc(Cl)cc(Cl)c3)cccc2-c2cc(Cl)cc(Cl)c2)sc1C. The number of hydrogen-bond acceptors (Lipinski definition) is 2. The van der Waals surface area contributed by atoms with E-state index in [2.05, 4.69) is 19.1 Å². The first-order valence-electron chi connectivity index (χ1n) is 8.82. The lowest BCUT2D eigenvalue weighted by Crippen LogP contribution is -1.91. The minimum absolute atomic E-state index is 0.584. The molecule has 0 saturated heterocycles. The molecule has 0 aliphatic heterocycles. The lowest BCUT2D eigenvalue weighted by atomic mass is 9.92. The molecule has 1 nitrogen and oxygen atoms in total. The summed E-state index contributed by atoms with van der Waals surface area (Å²) in [6.07, 6.45) is 0. The first-order valence-corrected chi connectivity index (χ1v) is 11.1. The molecule has 0 atom stereocenters. The van der Waals surface area contributed by atoms with Gasteiger partial charge in [-0.1, -0.05) is 64.6 Å². The largest absolute Gasteiger partial charge is 0.241 e. The van der Waals surface area contributed by atoms with Crippen molar-refractivity contribution in [2.75, 3.05) is 0 Å². The van der Waals surface area contributed by atoms with Gasteiger partial charge in [-0.05, 0) is 72.5 Å². The van der Waals surface area contributed by atoms with Crippen LogP contribution in [0, 0.1) is 13.8 Å². The van der Waals surface area contributed by atoms with Gasteiger partial charge >= 0.3 is 0 Å². The van der Waals surface area contributed by atoms with Gasteiger partial charge in [0.15, 0.2) is 0 Å². The standard InChI is InChI=1S/C23H15Cl4NS/c1-12-13(2)29-23(28-12)22-20(14-6-16(24)10-17(25)7-14)4-3-5-21(22)15-8-18(26)11-19(27)9-15/h3-11H,1-2H3. The monoisotopic (exact) mass is 477 g/mol. The molecule has 0 spiro atoms. The Kier molecular flexibility index (Phi) is 5.92. The van der Waals surface area contributed by atoms with E-state index in [9.17, 15) is 0 Å². The average molecular weight is 479 g/mol. The van der Waals surface area contributed by atoms with Crippen molar-refractivity contribution in [1.29, 1.82) is 0 Å². The molecule has 0 aliphatic rings. The number of halogens is 4. The van der Waals surface area contributed by atoms with E-state index < -0.39 is 0 Å². The van der Waals surface area contributed by atoms with Gasteiger partial charge in [-0.15, -0.1) is 11.3 Å². The minimum atomic E-state index is 0.584. The molecule has 0 radical (unpaired) electrons. The van der Waals surface area contributed by atoms with Gasteiger partial charge in [-0.3, -0.25) is 0 Å². The summed E-state index contributed by atoms with van der Waals surface area (Å²) in [6.45, 7) is 4.09. The second-order valence-corrected chi connectivity index (χ2v) is 9.65. The van der Waals surface area contributed by atoms with Crippen molar-refractivity contribution in [3.8, 4) is 32.8 Å². The van der Waals surface area contributed by atoms with E-state index in [0.29, 0.717) is 20.1 Å². The first-order chi connectivity index (χ1) is 13.8. The van der Waals surface area contributed by atoms with Crippen molar-refractivity contribution < 1.29 is 0 Å². The lowest BCUT2D eigenvalue weighted by molar-refractivity contribution is 1.23. The molecule has 0 saturated carbocycles. The van der Waals surface area contributed by atoms with Gasteiger partial charge in [-0.25, -0.2) is 4.98 Å². The molecule has 0 aliphatic carbocycles. The summed E-state index contributed by atoms with van der Waals surface area (Å²) in [6, 6.07) is 17.2. The summed E-state index contributed by atoms with van der Waals surface area (Å²) in [5, 5.41) is 3.27. The maximum absolute atomic E-state index is 6.29. The molecular formula is C23H15Cl4NS. The van der Waals surface area contributed by atoms with Gasteiger partial charge in [0.05, 0.1) is 5.69 Å². The summed E-state index contributed by atoms with van der Waals surface area (Å²) < 4.78 is 0. The van der Waals surface area contributed by atoms with Crippen LogP contribution in [0.3, 0.4) is 0 Å². The van der Waals surface area contributed by atoms with E-state index in [4.69, 9.17) is 51.4 Å². The second kappa shape index (κ2) is 8.29. The molecule has 0 unspecified atom stereocenters. The normalized spacial score (nSPS) is 11.1. The molecule has 4 aromatic rings. The number of nitrogens with zero attached hydrogens (tertiary/aromatic N) is 1. The fourth-order valence-corrected chi connectivity index (χ4v) is 5.30. The molecule has 1 heterocycles. The highest BCUT2D eigenvalue weighted by Gasteiger charge is 2.19. The highest BCUT2D eigenvalue weighted by Crippen LogP contribution is 2.44. The fourth-order valence-electron chi connectivity index (χ4n) is 3.26. The Hall–Kier alpha value is -1.55.